The van der Waals surface area contributed by atoms with Crippen molar-refractivity contribution in [1.82, 2.24) is 9.80 Å². The minimum absolute atomic E-state index is 0.0806. The average molecular weight is 488 g/mol. The lowest BCUT2D eigenvalue weighted by Gasteiger charge is -2.37. The Labute approximate surface area is 203 Å². The van der Waals surface area contributed by atoms with Crippen molar-refractivity contribution in [2.75, 3.05) is 44.7 Å². The highest BCUT2D eigenvalue weighted by molar-refractivity contribution is 7.80. The Balaban J connectivity index is 1.48. The minimum Gasteiger partial charge on any atom is -0.462 e. The molecule has 2 saturated heterocycles. The van der Waals surface area contributed by atoms with Crippen LogP contribution in [0.1, 0.15) is 35.0 Å². The summed E-state index contributed by atoms with van der Waals surface area (Å²) in [5, 5.41) is 4.53. The second kappa shape index (κ2) is 10.6. The molecule has 0 saturated carbocycles. The molecular weight excluding hydrogens is 458 g/mol. The lowest BCUT2D eigenvalue weighted by atomic mass is 10.0. The van der Waals surface area contributed by atoms with E-state index in [-0.39, 0.29) is 18.0 Å². The zero-order chi connectivity index (χ0) is 23.4. The summed E-state index contributed by atoms with van der Waals surface area (Å²) < 4.78 is 10.9. The van der Waals surface area contributed by atoms with Crippen molar-refractivity contribution >= 4 is 45.5 Å². The normalized spacial score (nSPS) is 18.3. The highest BCUT2D eigenvalue weighted by atomic mass is 32.1. The number of benzene rings is 1. The van der Waals surface area contributed by atoms with Crippen LogP contribution >= 0.6 is 23.6 Å². The molecule has 1 N–H and O–H groups in total. The van der Waals surface area contributed by atoms with Crippen LogP contribution in [0.25, 0.3) is 11.1 Å². The van der Waals surface area contributed by atoms with E-state index in [0.29, 0.717) is 55.1 Å². The standard InChI is InChI=1S/C24H29N3O4S2/c1-3-30-23(29)20-19(17-8-5-4-6-9-17)16(2)33-21(20)25-24(32)27-13-11-26(12-14-27)22(28)18-10-7-15-31-18/h4-6,8-9,18H,3,7,10-15H2,1-2H3,(H,25,32). The molecule has 3 heterocycles. The molecule has 7 nitrogen and oxygen atoms in total. The highest BCUT2D eigenvalue weighted by Crippen LogP contribution is 2.40. The summed E-state index contributed by atoms with van der Waals surface area (Å²) >= 11 is 7.19. The molecule has 0 aliphatic carbocycles. The molecular formula is C24H29N3O4S2. The molecule has 0 bridgehead atoms. The fourth-order valence-electron chi connectivity index (χ4n) is 4.27. The molecule has 2 fully saturated rings. The van der Waals surface area contributed by atoms with Crippen LogP contribution in [0, 0.1) is 6.92 Å². The lowest BCUT2D eigenvalue weighted by Crippen LogP contribution is -2.53. The first-order valence-corrected chi connectivity index (χ1v) is 12.5. The van der Waals surface area contributed by atoms with E-state index in [1.165, 1.54) is 11.3 Å². The molecule has 1 amide bonds. The van der Waals surface area contributed by atoms with Gasteiger partial charge in [0.1, 0.15) is 16.7 Å². The maximum Gasteiger partial charge on any atom is 0.341 e. The van der Waals surface area contributed by atoms with Crippen LogP contribution < -0.4 is 5.32 Å². The van der Waals surface area contributed by atoms with E-state index in [1.807, 2.05) is 47.1 Å². The Kier molecular flexibility index (Phi) is 7.62. The fraction of sp³-hybridized carbons (Fsp3) is 0.458. The fourth-order valence-corrected chi connectivity index (χ4v) is 5.68. The van der Waals surface area contributed by atoms with E-state index in [1.54, 1.807) is 6.92 Å². The van der Waals surface area contributed by atoms with Gasteiger partial charge in [0.25, 0.3) is 5.91 Å². The smallest absolute Gasteiger partial charge is 0.341 e. The Bertz CT molecular complexity index is 1010. The second-order valence-electron chi connectivity index (χ2n) is 8.07. The molecule has 2 aliphatic rings. The number of thiophene rings is 1. The zero-order valence-corrected chi connectivity index (χ0v) is 20.6. The van der Waals surface area contributed by atoms with E-state index in [4.69, 9.17) is 21.7 Å². The molecule has 0 radical (unpaired) electrons. The van der Waals surface area contributed by atoms with Crippen LogP contribution in [0.5, 0.6) is 0 Å². The number of nitrogens with one attached hydrogen (secondary N) is 1. The number of hydrogen-bond acceptors (Lipinski definition) is 6. The number of carbonyl (C=O) groups is 2. The summed E-state index contributed by atoms with van der Waals surface area (Å²) in [5.41, 5.74) is 2.35. The Morgan fingerprint density at radius 1 is 1.18 bits per heavy atom. The number of hydrogen-bond donors (Lipinski definition) is 1. The first-order chi connectivity index (χ1) is 16.0. The molecule has 1 unspecified atom stereocenters. The van der Waals surface area contributed by atoms with Gasteiger partial charge in [0.2, 0.25) is 0 Å². The number of thiocarbonyl (C=S) groups is 1. The topological polar surface area (TPSA) is 71.1 Å². The minimum atomic E-state index is -0.363. The summed E-state index contributed by atoms with van der Waals surface area (Å²) in [6, 6.07) is 9.84. The van der Waals surface area contributed by atoms with Gasteiger partial charge in [-0.2, -0.15) is 0 Å². The maximum atomic E-state index is 12.9. The Morgan fingerprint density at radius 3 is 2.52 bits per heavy atom. The number of nitrogens with zero attached hydrogens (tertiary/aromatic N) is 2. The largest absolute Gasteiger partial charge is 0.462 e. The molecule has 4 rings (SSSR count). The molecule has 33 heavy (non-hydrogen) atoms. The number of amides is 1. The number of carbonyl (C=O) groups excluding carboxylic acids is 2. The third-order valence-corrected chi connectivity index (χ3v) is 7.31. The van der Waals surface area contributed by atoms with Crippen LogP contribution in [0.4, 0.5) is 5.00 Å². The van der Waals surface area contributed by atoms with E-state index >= 15 is 0 Å². The number of anilines is 1. The van der Waals surface area contributed by atoms with Gasteiger partial charge in [0.15, 0.2) is 5.11 Å². The summed E-state index contributed by atoms with van der Waals surface area (Å²) in [7, 11) is 0. The summed E-state index contributed by atoms with van der Waals surface area (Å²) in [4.78, 5) is 30.4. The van der Waals surface area contributed by atoms with Crippen molar-refractivity contribution in [2.24, 2.45) is 0 Å². The molecule has 9 heteroatoms. The monoisotopic (exact) mass is 487 g/mol. The highest BCUT2D eigenvalue weighted by Gasteiger charge is 2.31. The Morgan fingerprint density at radius 2 is 1.88 bits per heavy atom. The predicted molar refractivity (Wildman–Crippen MR) is 134 cm³/mol. The van der Waals surface area contributed by atoms with Gasteiger partial charge < -0.3 is 24.6 Å². The van der Waals surface area contributed by atoms with Crippen LogP contribution in [-0.2, 0) is 14.3 Å². The van der Waals surface area contributed by atoms with Crippen LogP contribution in [0.3, 0.4) is 0 Å². The van der Waals surface area contributed by atoms with Gasteiger partial charge in [-0.15, -0.1) is 11.3 Å². The third-order valence-electron chi connectivity index (χ3n) is 5.93. The molecule has 0 spiro atoms. The van der Waals surface area contributed by atoms with E-state index in [2.05, 4.69) is 5.32 Å². The van der Waals surface area contributed by atoms with Crippen LogP contribution in [-0.4, -0.2) is 72.3 Å². The van der Waals surface area contributed by atoms with Gasteiger partial charge in [0, 0.05) is 43.2 Å². The average Bonchev–Trinajstić information content (AvgIpc) is 3.47. The van der Waals surface area contributed by atoms with Crippen molar-refractivity contribution < 1.29 is 19.1 Å². The van der Waals surface area contributed by atoms with Crippen molar-refractivity contribution in [1.29, 1.82) is 0 Å². The van der Waals surface area contributed by atoms with Crippen LogP contribution in [0.2, 0.25) is 0 Å². The van der Waals surface area contributed by atoms with Gasteiger partial charge in [-0.05, 0) is 44.5 Å². The lowest BCUT2D eigenvalue weighted by molar-refractivity contribution is -0.142. The van der Waals surface area contributed by atoms with Crippen molar-refractivity contribution in [3.05, 3.63) is 40.8 Å². The summed E-state index contributed by atoms with van der Waals surface area (Å²) in [5.74, 6) is -0.282. The van der Waals surface area contributed by atoms with Gasteiger partial charge in [0.05, 0.1) is 6.61 Å². The summed E-state index contributed by atoms with van der Waals surface area (Å²) in [6.45, 7) is 7.23. The van der Waals surface area contributed by atoms with Crippen molar-refractivity contribution in [3.8, 4) is 11.1 Å². The SMILES string of the molecule is CCOC(=O)c1c(NC(=S)N2CCN(C(=O)C3CCCO3)CC2)sc(C)c1-c1ccccc1. The number of esters is 1. The third kappa shape index (κ3) is 5.20. The molecule has 1 aromatic carbocycles. The van der Waals surface area contributed by atoms with Gasteiger partial charge in [-0.1, -0.05) is 30.3 Å². The molecule has 2 aromatic rings. The first kappa shape index (κ1) is 23.7. The quantitative estimate of drug-likeness (QED) is 0.506. The van der Waals surface area contributed by atoms with E-state index < -0.39 is 0 Å². The number of piperazine rings is 1. The molecule has 1 aromatic heterocycles. The maximum absolute atomic E-state index is 12.9. The zero-order valence-electron chi connectivity index (χ0n) is 19.0. The molecule has 2 aliphatic heterocycles. The number of aryl methyl sites for hydroxylation is 1. The number of ether oxygens (including phenoxy) is 2. The predicted octanol–water partition coefficient (Wildman–Crippen LogP) is 3.92. The van der Waals surface area contributed by atoms with Gasteiger partial charge in [-0.25, -0.2) is 4.79 Å². The van der Waals surface area contributed by atoms with Crippen LogP contribution in [0.15, 0.2) is 30.3 Å². The number of rotatable bonds is 5. The summed E-state index contributed by atoms with van der Waals surface area (Å²) in [6.07, 6.45) is 1.45. The van der Waals surface area contributed by atoms with Crippen molar-refractivity contribution in [2.45, 2.75) is 32.8 Å². The molecule has 176 valence electrons. The Hall–Kier alpha value is -2.49. The van der Waals surface area contributed by atoms with Gasteiger partial charge in [-0.3, -0.25) is 4.79 Å². The van der Waals surface area contributed by atoms with Gasteiger partial charge >= 0.3 is 5.97 Å². The van der Waals surface area contributed by atoms with E-state index in [0.717, 1.165) is 28.8 Å². The van der Waals surface area contributed by atoms with Crippen molar-refractivity contribution in [3.63, 3.8) is 0 Å². The molecule has 1 atom stereocenters. The first-order valence-electron chi connectivity index (χ1n) is 11.3. The van der Waals surface area contributed by atoms with E-state index in [9.17, 15) is 9.59 Å². The second-order valence-corrected chi connectivity index (χ2v) is 9.68.